The van der Waals surface area contributed by atoms with Crippen LogP contribution in [0, 0.1) is 0 Å². The minimum absolute atomic E-state index is 0.287. The van der Waals surface area contributed by atoms with E-state index in [4.69, 9.17) is 5.11 Å². The maximum absolute atomic E-state index is 12.0. The molecule has 3 nitrogen and oxygen atoms in total. The topological polar surface area (TPSA) is 35.5 Å². The van der Waals surface area contributed by atoms with Crippen LogP contribution < -0.4 is 5.43 Å². The van der Waals surface area contributed by atoms with Gasteiger partial charge in [-0.1, -0.05) is 0 Å². The molecule has 1 heterocycles. The van der Waals surface area contributed by atoms with Crippen LogP contribution in [0.1, 0.15) is 6.92 Å². The summed E-state index contributed by atoms with van der Waals surface area (Å²) in [5, 5.41) is 9.99. The van der Waals surface area contributed by atoms with Gasteiger partial charge in [0.05, 0.1) is 0 Å². The first-order chi connectivity index (χ1) is 5.45. The van der Waals surface area contributed by atoms with Crippen LogP contribution >= 0.6 is 0 Å². The Morgan fingerprint density at radius 3 is 2.50 bits per heavy atom. The van der Waals surface area contributed by atoms with Crippen molar-refractivity contribution in [3.63, 3.8) is 0 Å². The van der Waals surface area contributed by atoms with Crippen molar-refractivity contribution in [3.05, 3.63) is 12.0 Å². The monoisotopic (exact) mass is 182 g/mol. The van der Waals surface area contributed by atoms with Crippen LogP contribution in [0.2, 0.25) is 0 Å². The Balaban J connectivity index is 2.66. The van der Waals surface area contributed by atoms with Gasteiger partial charge < -0.3 is 5.11 Å². The highest BCUT2D eigenvalue weighted by atomic mass is 19.4. The highest BCUT2D eigenvalue weighted by molar-refractivity contribution is 5.06. The Bertz CT molecular complexity index is 201. The molecule has 1 aliphatic heterocycles. The fourth-order valence-corrected chi connectivity index (χ4v) is 0.931. The molecule has 0 aromatic carbocycles. The zero-order valence-electron chi connectivity index (χ0n) is 6.39. The molecule has 0 fully saturated rings. The first-order valence-corrected chi connectivity index (χ1v) is 3.46. The molecule has 70 valence electrons. The minimum atomic E-state index is -4.35. The molecular formula is C6H9F3N2O. The van der Waals surface area contributed by atoms with Gasteiger partial charge in [0, 0.05) is 12.6 Å². The Hall–Kier alpha value is -0.910. The van der Waals surface area contributed by atoms with Crippen molar-refractivity contribution in [3.8, 4) is 0 Å². The second-order valence-electron chi connectivity index (χ2n) is 2.42. The average molecular weight is 182 g/mol. The summed E-state index contributed by atoms with van der Waals surface area (Å²) in [6.07, 6.45) is -3.61. The number of nitrogens with one attached hydrogen (secondary N) is 1. The molecule has 1 rings (SSSR count). The van der Waals surface area contributed by atoms with Gasteiger partial charge in [-0.2, -0.15) is 13.2 Å². The van der Waals surface area contributed by atoms with Crippen molar-refractivity contribution in [2.24, 2.45) is 0 Å². The maximum atomic E-state index is 12.0. The molecule has 0 aromatic heterocycles. The largest absolute Gasteiger partial charge is 0.494 e. The zero-order valence-corrected chi connectivity index (χ0v) is 6.39. The molecule has 0 saturated carbocycles. The second-order valence-corrected chi connectivity index (χ2v) is 2.42. The number of alkyl halides is 3. The first kappa shape index (κ1) is 9.18. The fourth-order valence-electron chi connectivity index (χ4n) is 0.931. The molecule has 0 aromatic rings. The number of aliphatic hydroxyl groups is 1. The number of hydrogen-bond acceptors (Lipinski definition) is 3. The van der Waals surface area contributed by atoms with Gasteiger partial charge in [0.25, 0.3) is 0 Å². The van der Waals surface area contributed by atoms with E-state index in [2.05, 4.69) is 5.43 Å². The van der Waals surface area contributed by atoms with E-state index in [0.717, 1.165) is 11.1 Å². The Morgan fingerprint density at radius 1 is 1.67 bits per heavy atom. The third kappa shape index (κ3) is 1.63. The summed E-state index contributed by atoms with van der Waals surface area (Å²) in [6, 6.07) is -1.77. The molecule has 1 atom stereocenters. The smallest absolute Gasteiger partial charge is 0.409 e. The van der Waals surface area contributed by atoms with Crippen molar-refractivity contribution >= 4 is 0 Å². The van der Waals surface area contributed by atoms with Crippen molar-refractivity contribution in [2.45, 2.75) is 19.1 Å². The number of hydrogen-bond donors (Lipinski definition) is 2. The Labute approximate surface area is 67.4 Å². The van der Waals surface area contributed by atoms with Gasteiger partial charge in [0.1, 0.15) is 6.04 Å². The molecule has 0 bridgehead atoms. The van der Waals surface area contributed by atoms with Gasteiger partial charge in [0.2, 0.25) is 0 Å². The molecule has 1 aliphatic rings. The lowest BCUT2D eigenvalue weighted by Crippen LogP contribution is -2.44. The van der Waals surface area contributed by atoms with Crippen LogP contribution in [0.5, 0.6) is 0 Å². The van der Waals surface area contributed by atoms with E-state index >= 15 is 0 Å². The molecule has 1 unspecified atom stereocenters. The van der Waals surface area contributed by atoms with E-state index in [9.17, 15) is 13.2 Å². The summed E-state index contributed by atoms with van der Waals surface area (Å²) >= 11 is 0. The average Bonchev–Trinajstić information content (AvgIpc) is 2.29. The molecule has 2 N–H and O–H groups in total. The van der Waals surface area contributed by atoms with Crippen LogP contribution in [0.15, 0.2) is 12.0 Å². The second kappa shape index (κ2) is 2.85. The SMILES string of the molecule is CCN1NC(C(F)(F)F)C=C1O. The van der Waals surface area contributed by atoms with Gasteiger partial charge in [-0.15, -0.1) is 0 Å². The minimum Gasteiger partial charge on any atom is -0.494 e. The number of aliphatic hydroxyl groups excluding tert-OH is 1. The predicted octanol–water partition coefficient (Wildman–Crippen LogP) is 1.16. The number of rotatable bonds is 1. The van der Waals surface area contributed by atoms with Gasteiger partial charge in [0.15, 0.2) is 5.88 Å². The van der Waals surface area contributed by atoms with E-state index in [1.807, 2.05) is 0 Å². The van der Waals surface area contributed by atoms with Crippen molar-refractivity contribution < 1.29 is 18.3 Å². The van der Waals surface area contributed by atoms with Gasteiger partial charge >= 0.3 is 6.18 Å². The maximum Gasteiger partial charge on any atom is 0.409 e. The molecule has 0 aliphatic carbocycles. The summed E-state index contributed by atoms with van der Waals surface area (Å²) in [4.78, 5) is 0. The standard InChI is InChI=1S/C6H9F3N2O/c1-2-11-5(12)3-4(10-11)6(7,8)9/h3-4,10,12H,2H2,1H3. The van der Waals surface area contributed by atoms with Crippen molar-refractivity contribution in [2.75, 3.05) is 6.54 Å². The van der Waals surface area contributed by atoms with Crippen molar-refractivity contribution in [1.82, 2.24) is 10.4 Å². The number of hydrazine groups is 1. The van der Waals surface area contributed by atoms with E-state index < -0.39 is 12.2 Å². The van der Waals surface area contributed by atoms with Crippen LogP contribution in [0.25, 0.3) is 0 Å². The molecule has 0 saturated heterocycles. The van der Waals surface area contributed by atoms with Crippen molar-refractivity contribution in [1.29, 1.82) is 0 Å². The quantitative estimate of drug-likeness (QED) is 0.638. The third-order valence-electron chi connectivity index (χ3n) is 1.56. The van der Waals surface area contributed by atoms with E-state index in [0.29, 0.717) is 0 Å². The molecule has 6 heteroatoms. The normalized spacial score (nSPS) is 24.5. The molecular weight excluding hydrogens is 173 g/mol. The Kier molecular flexibility index (Phi) is 2.18. The van der Waals surface area contributed by atoms with Gasteiger partial charge in [-0.25, -0.2) is 5.43 Å². The summed E-state index contributed by atoms with van der Waals surface area (Å²) in [5.41, 5.74) is 2.10. The lowest BCUT2D eigenvalue weighted by Gasteiger charge is -2.19. The van der Waals surface area contributed by atoms with E-state index in [-0.39, 0.29) is 12.4 Å². The molecule has 12 heavy (non-hydrogen) atoms. The van der Waals surface area contributed by atoms with E-state index in [1.54, 1.807) is 6.92 Å². The summed E-state index contributed by atoms with van der Waals surface area (Å²) in [6.45, 7) is 1.92. The molecule has 0 radical (unpaired) electrons. The predicted molar refractivity (Wildman–Crippen MR) is 36.1 cm³/mol. The van der Waals surface area contributed by atoms with Crippen LogP contribution in [0.4, 0.5) is 13.2 Å². The highest BCUT2D eigenvalue weighted by Gasteiger charge is 2.42. The molecule has 0 spiro atoms. The Morgan fingerprint density at radius 2 is 2.25 bits per heavy atom. The zero-order chi connectivity index (χ0) is 9.35. The lowest BCUT2D eigenvalue weighted by atomic mass is 10.3. The first-order valence-electron chi connectivity index (χ1n) is 3.46. The van der Waals surface area contributed by atoms with E-state index in [1.165, 1.54) is 0 Å². The van der Waals surface area contributed by atoms with Crippen LogP contribution in [-0.2, 0) is 0 Å². The number of halogens is 3. The third-order valence-corrected chi connectivity index (χ3v) is 1.56. The lowest BCUT2D eigenvalue weighted by molar-refractivity contribution is -0.149. The summed E-state index contributed by atoms with van der Waals surface area (Å²) in [7, 11) is 0. The van der Waals surface area contributed by atoms with Crippen LogP contribution in [-0.4, -0.2) is 28.9 Å². The summed E-state index contributed by atoms with van der Waals surface area (Å²) < 4.78 is 36.0. The van der Waals surface area contributed by atoms with Gasteiger partial charge in [-0.05, 0) is 6.92 Å². The van der Waals surface area contributed by atoms with Gasteiger partial charge in [-0.3, -0.25) is 5.01 Å². The number of nitrogens with zero attached hydrogens (tertiary/aromatic N) is 1. The summed E-state index contributed by atoms with van der Waals surface area (Å²) in [5.74, 6) is -0.375. The van der Waals surface area contributed by atoms with Crippen LogP contribution in [0.3, 0.4) is 0 Å². The highest BCUT2D eigenvalue weighted by Crippen LogP contribution is 2.25. The molecule has 0 amide bonds. The fraction of sp³-hybridized carbons (Fsp3) is 0.667.